The fourth-order valence-electron chi connectivity index (χ4n) is 5.04. The van der Waals surface area contributed by atoms with Crippen LogP contribution in [0.15, 0.2) is 60.8 Å². The molecule has 0 unspecified atom stereocenters. The predicted octanol–water partition coefficient (Wildman–Crippen LogP) is 5.58. The Morgan fingerprint density at radius 1 is 1.17 bits per heavy atom. The highest BCUT2D eigenvalue weighted by Crippen LogP contribution is 2.46. The molecule has 3 heterocycles. The van der Waals surface area contributed by atoms with Gasteiger partial charge in [-0.3, -0.25) is 14.6 Å². The zero-order valence-corrected chi connectivity index (χ0v) is 22.7. The number of rotatable bonds is 9. The van der Waals surface area contributed by atoms with Gasteiger partial charge in [-0.05, 0) is 81.6 Å². The zero-order valence-electron chi connectivity index (χ0n) is 22.7. The molecule has 1 aliphatic heterocycles. The SMILES string of the molecule is C[C@](O)(CCC(=O)c1cc(OC2CC2)c2ncccc2c1)c1cc2c(c(-c3ccc(F)cc3)n1)OC[C@]2(C)C(=O)O. The zero-order chi connectivity index (χ0) is 28.9. The summed E-state index contributed by atoms with van der Waals surface area (Å²) < 4.78 is 25.5. The molecular weight excluding hydrogens is 527 g/mol. The molecule has 1 saturated carbocycles. The second kappa shape index (κ2) is 9.92. The van der Waals surface area contributed by atoms with E-state index >= 15 is 0 Å². The summed E-state index contributed by atoms with van der Waals surface area (Å²) in [5, 5.41) is 22.4. The van der Waals surface area contributed by atoms with Gasteiger partial charge >= 0.3 is 5.97 Å². The van der Waals surface area contributed by atoms with Gasteiger partial charge in [0, 0.05) is 34.7 Å². The number of benzene rings is 2. The maximum Gasteiger partial charge on any atom is 0.317 e. The lowest BCUT2D eigenvalue weighted by Crippen LogP contribution is -2.34. The average Bonchev–Trinajstić information content (AvgIpc) is 3.71. The Morgan fingerprint density at radius 3 is 2.63 bits per heavy atom. The standard InChI is InChI=1S/C32H29FN2O6/c1-31(30(37)38)17-40-29-23(31)16-26(35-28(29)18-5-7-21(33)8-6-18)32(2,39)12-11-24(36)20-14-19-4-3-13-34-27(19)25(15-20)41-22-9-10-22/h3-8,13-16,22,39H,9-12,17H2,1-2H3,(H,37,38)/t31-,32-/m0/s1. The number of halogens is 1. The molecule has 2 aromatic carbocycles. The number of pyridine rings is 2. The van der Waals surface area contributed by atoms with E-state index in [0.29, 0.717) is 33.7 Å². The first-order chi connectivity index (χ1) is 19.5. The molecule has 210 valence electrons. The number of aliphatic carboxylic acids is 1. The summed E-state index contributed by atoms with van der Waals surface area (Å²) in [5.74, 6) is -0.847. The predicted molar refractivity (Wildman–Crippen MR) is 149 cm³/mol. The number of ether oxygens (including phenoxy) is 2. The van der Waals surface area contributed by atoms with E-state index in [1.54, 1.807) is 38.2 Å². The molecule has 41 heavy (non-hydrogen) atoms. The number of hydrogen-bond acceptors (Lipinski definition) is 7. The third-order valence-electron chi connectivity index (χ3n) is 7.86. The van der Waals surface area contributed by atoms with Gasteiger partial charge < -0.3 is 19.7 Å². The van der Waals surface area contributed by atoms with Crippen molar-refractivity contribution >= 4 is 22.7 Å². The molecule has 8 nitrogen and oxygen atoms in total. The third kappa shape index (κ3) is 5.02. The quantitative estimate of drug-likeness (QED) is 0.257. The van der Waals surface area contributed by atoms with E-state index in [9.17, 15) is 24.2 Å². The smallest absolute Gasteiger partial charge is 0.317 e. The highest BCUT2D eigenvalue weighted by atomic mass is 19.1. The van der Waals surface area contributed by atoms with Crippen LogP contribution < -0.4 is 9.47 Å². The summed E-state index contributed by atoms with van der Waals surface area (Å²) in [5.41, 5.74) is -0.429. The molecule has 2 aliphatic rings. The molecule has 0 spiro atoms. The molecule has 1 aliphatic carbocycles. The molecule has 4 aromatic rings. The van der Waals surface area contributed by atoms with E-state index in [-0.39, 0.29) is 42.8 Å². The van der Waals surface area contributed by atoms with Crippen molar-refractivity contribution in [3.63, 3.8) is 0 Å². The van der Waals surface area contributed by atoms with Crippen LogP contribution in [0.25, 0.3) is 22.2 Å². The molecule has 0 amide bonds. The van der Waals surface area contributed by atoms with Gasteiger partial charge in [0.05, 0.1) is 11.8 Å². The van der Waals surface area contributed by atoms with Crippen molar-refractivity contribution in [2.24, 2.45) is 0 Å². The molecule has 2 N–H and O–H groups in total. The summed E-state index contributed by atoms with van der Waals surface area (Å²) in [4.78, 5) is 34.7. The van der Waals surface area contributed by atoms with E-state index < -0.39 is 22.8 Å². The summed E-state index contributed by atoms with van der Waals surface area (Å²) in [6.45, 7) is 2.98. The van der Waals surface area contributed by atoms with Crippen LogP contribution in [0.1, 0.15) is 61.1 Å². The molecule has 2 aromatic heterocycles. The van der Waals surface area contributed by atoms with E-state index in [1.165, 1.54) is 30.3 Å². The Bertz CT molecular complexity index is 1680. The lowest BCUT2D eigenvalue weighted by Gasteiger charge is -2.25. The molecule has 0 bridgehead atoms. The van der Waals surface area contributed by atoms with Gasteiger partial charge in [0.2, 0.25) is 0 Å². The summed E-state index contributed by atoms with van der Waals surface area (Å²) in [6, 6.07) is 14.3. The van der Waals surface area contributed by atoms with Gasteiger partial charge in [0.15, 0.2) is 5.78 Å². The highest BCUT2D eigenvalue weighted by molar-refractivity contribution is 6.01. The van der Waals surface area contributed by atoms with Crippen LogP contribution in [0.5, 0.6) is 11.5 Å². The van der Waals surface area contributed by atoms with Crippen LogP contribution >= 0.6 is 0 Å². The topological polar surface area (TPSA) is 119 Å². The van der Waals surface area contributed by atoms with E-state index in [4.69, 9.17) is 9.47 Å². The van der Waals surface area contributed by atoms with Gasteiger partial charge in [-0.25, -0.2) is 9.37 Å². The molecule has 0 radical (unpaired) electrons. The Labute approximate surface area is 235 Å². The number of aliphatic hydroxyl groups is 1. The van der Waals surface area contributed by atoms with E-state index in [2.05, 4.69) is 9.97 Å². The number of nitrogens with zero attached hydrogens (tertiary/aromatic N) is 2. The van der Waals surface area contributed by atoms with E-state index in [1.807, 2.05) is 6.07 Å². The van der Waals surface area contributed by atoms with Crippen molar-refractivity contribution in [3.8, 4) is 22.8 Å². The fourth-order valence-corrected chi connectivity index (χ4v) is 5.04. The number of hydrogen-bond donors (Lipinski definition) is 2. The van der Waals surface area contributed by atoms with Gasteiger partial charge in [-0.15, -0.1) is 0 Å². The van der Waals surface area contributed by atoms with Crippen molar-refractivity contribution < 1.29 is 33.7 Å². The molecule has 0 saturated heterocycles. The molecule has 9 heteroatoms. The number of carbonyl (C=O) groups excluding carboxylic acids is 1. The Kier molecular flexibility index (Phi) is 6.49. The Balaban J connectivity index is 1.32. The average molecular weight is 557 g/mol. The maximum atomic E-state index is 13.7. The van der Waals surface area contributed by atoms with Crippen molar-refractivity contribution in [1.82, 2.24) is 9.97 Å². The lowest BCUT2D eigenvalue weighted by atomic mass is 9.82. The summed E-state index contributed by atoms with van der Waals surface area (Å²) in [7, 11) is 0. The minimum atomic E-state index is -1.59. The van der Waals surface area contributed by atoms with Crippen LogP contribution in [-0.2, 0) is 15.8 Å². The van der Waals surface area contributed by atoms with Crippen molar-refractivity contribution in [3.05, 3.63) is 83.4 Å². The minimum Gasteiger partial charge on any atom is -0.489 e. The molecule has 1 fully saturated rings. The Morgan fingerprint density at radius 2 is 1.93 bits per heavy atom. The van der Waals surface area contributed by atoms with Gasteiger partial charge in [0.25, 0.3) is 0 Å². The van der Waals surface area contributed by atoms with Crippen molar-refractivity contribution in [2.75, 3.05) is 6.61 Å². The van der Waals surface area contributed by atoms with Gasteiger partial charge in [-0.2, -0.15) is 0 Å². The van der Waals surface area contributed by atoms with Crippen molar-refractivity contribution in [2.45, 2.75) is 56.7 Å². The second-order valence-electron chi connectivity index (χ2n) is 11.2. The largest absolute Gasteiger partial charge is 0.489 e. The normalized spacial score (nSPS) is 19.3. The number of carboxylic acid groups (broad SMARTS) is 1. The van der Waals surface area contributed by atoms with Crippen LogP contribution in [-0.4, -0.2) is 44.6 Å². The van der Waals surface area contributed by atoms with Crippen molar-refractivity contribution in [1.29, 1.82) is 0 Å². The van der Waals surface area contributed by atoms with Crippen LogP contribution in [0.4, 0.5) is 4.39 Å². The third-order valence-corrected chi connectivity index (χ3v) is 7.86. The number of ketones is 1. The number of aromatic nitrogens is 2. The number of carbonyl (C=O) groups is 2. The van der Waals surface area contributed by atoms with Crippen LogP contribution in [0, 0.1) is 5.82 Å². The first kappa shape index (κ1) is 26.8. The number of Topliss-reactive ketones (excluding diaryl/α,β-unsaturated/α-hetero) is 1. The van der Waals surface area contributed by atoms with Gasteiger partial charge in [0.1, 0.15) is 46.1 Å². The summed E-state index contributed by atoms with van der Waals surface area (Å²) >= 11 is 0. The number of carboxylic acids is 1. The summed E-state index contributed by atoms with van der Waals surface area (Å²) in [6.07, 6.45) is 3.77. The highest BCUT2D eigenvalue weighted by Gasteiger charge is 2.46. The first-order valence-electron chi connectivity index (χ1n) is 13.5. The molecular formula is C32H29FN2O6. The number of fused-ring (bicyclic) bond motifs is 2. The maximum absolute atomic E-state index is 13.7. The monoisotopic (exact) mass is 556 g/mol. The lowest BCUT2D eigenvalue weighted by molar-refractivity contribution is -0.143. The van der Waals surface area contributed by atoms with Gasteiger partial charge in [-0.1, -0.05) is 6.07 Å². The Hall–Kier alpha value is -4.37. The second-order valence-corrected chi connectivity index (χ2v) is 11.2. The van der Waals surface area contributed by atoms with Crippen LogP contribution in [0.3, 0.4) is 0 Å². The van der Waals surface area contributed by atoms with Crippen LogP contribution in [0.2, 0.25) is 0 Å². The minimum absolute atomic E-state index is 0.00101. The molecule has 2 atom stereocenters. The first-order valence-corrected chi connectivity index (χ1v) is 13.5. The molecule has 6 rings (SSSR count). The van der Waals surface area contributed by atoms with E-state index in [0.717, 1.165) is 18.2 Å². The fraction of sp³-hybridized carbons (Fsp3) is 0.312.